The number of aryl methyl sites for hydroxylation is 1. The molecule has 0 saturated carbocycles. The van der Waals surface area contributed by atoms with E-state index in [0.29, 0.717) is 0 Å². The summed E-state index contributed by atoms with van der Waals surface area (Å²) in [5, 5.41) is 0. The summed E-state index contributed by atoms with van der Waals surface area (Å²) in [6, 6.07) is 12.4. The van der Waals surface area contributed by atoms with Crippen LogP contribution in [0.1, 0.15) is 39.2 Å². The summed E-state index contributed by atoms with van der Waals surface area (Å²) in [5.74, 6) is 0.917. The van der Waals surface area contributed by atoms with Gasteiger partial charge in [0.1, 0.15) is 5.82 Å². The molecule has 0 atom stereocenters. The molecule has 0 radical (unpaired) electrons. The summed E-state index contributed by atoms with van der Waals surface area (Å²) in [6.45, 7) is 8.58. The molecule has 94 valence electrons. The van der Waals surface area contributed by atoms with E-state index in [1.807, 2.05) is 18.2 Å². The van der Waals surface area contributed by atoms with Crippen molar-refractivity contribution in [2.24, 2.45) is 0 Å². The minimum absolute atomic E-state index is 0.0191. The second kappa shape index (κ2) is 4.89. The SMILES string of the molecule is CCc1cc(-c2ccccc2)nc(C(C)(C)C)n1. The van der Waals surface area contributed by atoms with Gasteiger partial charge in [-0.1, -0.05) is 58.0 Å². The van der Waals surface area contributed by atoms with E-state index in [0.717, 1.165) is 29.2 Å². The van der Waals surface area contributed by atoms with Crippen LogP contribution in [0.2, 0.25) is 0 Å². The van der Waals surface area contributed by atoms with Crippen molar-refractivity contribution in [3.8, 4) is 11.3 Å². The number of nitrogens with zero attached hydrogens (tertiary/aromatic N) is 2. The number of hydrogen-bond acceptors (Lipinski definition) is 2. The molecule has 2 rings (SSSR count). The predicted molar refractivity (Wildman–Crippen MR) is 75.5 cm³/mol. The Morgan fingerprint density at radius 3 is 2.22 bits per heavy atom. The zero-order valence-corrected chi connectivity index (χ0v) is 11.6. The average molecular weight is 240 g/mol. The molecule has 2 nitrogen and oxygen atoms in total. The highest BCUT2D eigenvalue weighted by molar-refractivity contribution is 5.59. The lowest BCUT2D eigenvalue weighted by Crippen LogP contribution is -2.17. The van der Waals surface area contributed by atoms with Gasteiger partial charge in [-0.15, -0.1) is 0 Å². The molecule has 0 aliphatic heterocycles. The Hall–Kier alpha value is -1.70. The van der Waals surface area contributed by atoms with Gasteiger partial charge < -0.3 is 0 Å². The van der Waals surface area contributed by atoms with Gasteiger partial charge in [0.15, 0.2) is 0 Å². The fourth-order valence-corrected chi connectivity index (χ4v) is 1.77. The molecule has 0 saturated heterocycles. The van der Waals surface area contributed by atoms with E-state index in [2.05, 4.69) is 50.9 Å². The maximum Gasteiger partial charge on any atom is 0.134 e. The van der Waals surface area contributed by atoms with E-state index in [1.54, 1.807) is 0 Å². The first-order valence-corrected chi connectivity index (χ1v) is 6.44. The third-order valence-corrected chi connectivity index (χ3v) is 2.88. The van der Waals surface area contributed by atoms with Crippen molar-refractivity contribution in [1.29, 1.82) is 0 Å². The van der Waals surface area contributed by atoms with Gasteiger partial charge >= 0.3 is 0 Å². The van der Waals surface area contributed by atoms with Crippen LogP contribution in [0.3, 0.4) is 0 Å². The van der Waals surface area contributed by atoms with E-state index in [-0.39, 0.29) is 5.41 Å². The van der Waals surface area contributed by atoms with Gasteiger partial charge in [0, 0.05) is 16.7 Å². The molecule has 2 heteroatoms. The lowest BCUT2D eigenvalue weighted by atomic mass is 9.95. The van der Waals surface area contributed by atoms with Crippen molar-refractivity contribution in [3.63, 3.8) is 0 Å². The van der Waals surface area contributed by atoms with E-state index < -0.39 is 0 Å². The highest BCUT2D eigenvalue weighted by Gasteiger charge is 2.19. The molecular formula is C16H20N2. The van der Waals surface area contributed by atoms with Crippen LogP contribution >= 0.6 is 0 Å². The van der Waals surface area contributed by atoms with Crippen molar-refractivity contribution < 1.29 is 0 Å². The summed E-state index contributed by atoms with van der Waals surface area (Å²) < 4.78 is 0. The first kappa shape index (κ1) is 12.7. The summed E-state index contributed by atoms with van der Waals surface area (Å²) in [4.78, 5) is 9.35. The van der Waals surface area contributed by atoms with E-state index in [4.69, 9.17) is 4.98 Å². The Labute approximate surface area is 109 Å². The molecule has 0 fully saturated rings. The van der Waals surface area contributed by atoms with Crippen molar-refractivity contribution in [3.05, 3.63) is 47.9 Å². The van der Waals surface area contributed by atoms with Crippen molar-refractivity contribution in [1.82, 2.24) is 9.97 Å². The largest absolute Gasteiger partial charge is 0.237 e. The molecule has 1 aromatic heterocycles. The zero-order chi connectivity index (χ0) is 13.2. The number of hydrogen-bond donors (Lipinski definition) is 0. The van der Waals surface area contributed by atoms with Gasteiger partial charge in [0.2, 0.25) is 0 Å². The van der Waals surface area contributed by atoms with Crippen LogP contribution in [0.5, 0.6) is 0 Å². The molecule has 2 aromatic rings. The minimum atomic E-state index is -0.0191. The first-order valence-electron chi connectivity index (χ1n) is 6.44. The number of aromatic nitrogens is 2. The summed E-state index contributed by atoms with van der Waals surface area (Å²) in [7, 11) is 0. The highest BCUT2D eigenvalue weighted by Crippen LogP contribution is 2.23. The Morgan fingerprint density at radius 1 is 1.00 bits per heavy atom. The second-order valence-electron chi connectivity index (χ2n) is 5.54. The summed E-state index contributed by atoms with van der Waals surface area (Å²) in [6.07, 6.45) is 0.936. The second-order valence-corrected chi connectivity index (χ2v) is 5.54. The molecule has 18 heavy (non-hydrogen) atoms. The van der Waals surface area contributed by atoms with E-state index in [1.165, 1.54) is 0 Å². The molecule has 0 aliphatic rings. The van der Waals surface area contributed by atoms with Gasteiger partial charge in [-0.05, 0) is 12.5 Å². The molecule has 0 unspecified atom stereocenters. The van der Waals surface area contributed by atoms with Gasteiger partial charge in [-0.2, -0.15) is 0 Å². The Kier molecular flexibility index (Phi) is 3.46. The van der Waals surface area contributed by atoms with Crippen LogP contribution in [-0.4, -0.2) is 9.97 Å². The minimum Gasteiger partial charge on any atom is -0.237 e. The van der Waals surface area contributed by atoms with Gasteiger partial charge in [-0.3, -0.25) is 0 Å². The third kappa shape index (κ3) is 2.76. The monoisotopic (exact) mass is 240 g/mol. The van der Waals surface area contributed by atoms with Crippen LogP contribution in [-0.2, 0) is 11.8 Å². The van der Waals surface area contributed by atoms with Gasteiger partial charge in [-0.25, -0.2) is 9.97 Å². The first-order chi connectivity index (χ1) is 8.50. The maximum absolute atomic E-state index is 4.71. The fraction of sp³-hybridized carbons (Fsp3) is 0.375. The van der Waals surface area contributed by atoms with E-state index in [9.17, 15) is 0 Å². The van der Waals surface area contributed by atoms with Crippen LogP contribution in [0.25, 0.3) is 11.3 Å². The molecule has 1 heterocycles. The molecule has 0 bridgehead atoms. The number of benzene rings is 1. The molecule has 1 aromatic carbocycles. The lowest BCUT2D eigenvalue weighted by molar-refractivity contribution is 0.542. The zero-order valence-electron chi connectivity index (χ0n) is 11.6. The molecule has 0 amide bonds. The van der Waals surface area contributed by atoms with Gasteiger partial charge in [0.25, 0.3) is 0 Å². The van der Waals surface area contributed by atoms with Crippen LogP contribution in [0, 0.1) is 0 Å². The lowest BCUT2D eigenvalue weighted by Gasteiger charge is -2.18. The van der Waals surface area contributed by atoms with Crippen molar-refractivity contribution in [2.45, 2.75) is 39.5 Å². The molecule has 0 aliphatic carbocycles. The average Bonchev–Trinajstić information content (AvgIpc) is 2.38. The smallest absolute Gasteiger partial charge is 0.134 e. The fourth-order valence-electron chi connectivity index (χ4n) is 1.77. The van der Waals surface area contributed by atoms with Crippen LogP contribution in [0.15, 0.2) is 36.4 Å². The van der Waals surface area contributed by atoms with Gasteiger partial charge in [0.05, 0.1) is 5.69 Å². The maximum atomic E-state index is 4.71. The molecular weight excluding hydrogens is 220 g/mol. The van der Waals surface area contributed by atoms with Crippen LogP contribution < -0.4 is 0 Å². The third-order valence-electron chi connectivity index (χ3n) is 2.88. The topological polar surface area (TPSA) is 25.8 Å². The Bertz CT molecular complexity index is 525. The van der Waals surface area contributed by atoms with Crippen molar-refractivity contribution >= 4 is 0 Å². The Balaban J connectivity index is 2.55. The molecule has 0 spiro atoms. The Morgan fingerprint density at radius 2 is 1.67 bits per heavy atom. The van der Waals surface area contributed by atoms with Crippen LogP contribution in [0.4, 0.5) is 0 Å². The quantitative estimate of drug-likeness (QED) is 0.792. The normalized spacial score (nSPS) is 11.6. The summed E-state index contributed by atoms with van der Waals surface area (Å²) in [5.41, 5.74) is 3.26. The van der Waals surface area contributed by atoms with Crippen molar-refractivity contribution in [2.75, 3.05) is 0 Å². The summed E-state index contributed by atoms with van der Waals surface area (Å²) >= 11 is 0. The predicted octanol–water partition coefficient (Wildman–Crippen LogP) is 4.00. The molecule has 0 N–H and O–H groups in total. The standard InChI is InChI=1S/C16H20N2/c1-5-13-11-14(12-9-7-6-8-10-12)18-15(17-13)16(2,3)4/h6-11H,5H2,1-4H3. The van der Waals surface area contributed by atoms with E-state index >= 15 is 0 Å². The highest BCUT2D eigenvalue weighted by atomic mass is 14.9. The number of rotatable bonds is 2.